The van der Waals surface area contributed by atoms with Crippen LogP contribution in [0.25, 0.3) is 10.8 Å². The van der Waals surface area contributed by atoms with Crippen molar-refractivity contribution in [3.8, 4) is 5.75 Å². The Morgan fingerprint density at radius 1 is 1.06 bits per heavy atom. The third kappa shape index (κ3) is 6.27. The second-order valence-corrected chi connectivity index (χ2v) is 9.29. The van der Waals surface area contributed by atoms with Gasteiger partial charge in [0.15, 0.2) is 6.61 Å². The molecular formula is C26H28BrClN2O3. The van der Waals surface area contributed by atoms with Crippen LogP contribution in [0.5, 0.6) is 5.75 Å². The summed E-state index contributed by atoms with van der Waals surface area (Å²) in [6, 6.07) is 18.4. The van der Waals surface area contributed by atoms with Gasteiger partial charge >= 0.3 is 0 Å². The standard InChI is InChI=1S/C26H28BrClN2O3/c1-4-22(26(32)29-17(2)3)30(15-19-10-6-8-12-21(19)28)24(31)16-33-23-14-13-18-9-5-7-11-20(18)25(23)27/h5-14,17,22H,4,15-16H2,1-3H3,(H,29,32). The molecule has 1 unspecified atom stereocenters. The summed E-state index contributed by atoms with van der Waals surface area (Å²) in [7, 11) is 0. The first-order valence-corrected chi connectivity index (χ1v) is 12.1. The largest absolute Gasteiger partial charge is 0.483 e. The van der Waals surface area contributed by atoms with Crippen molar-refractivity contribution in [2.75, 3.05) is 6.61 Å². The maximum Gasteiger partial charge on any atom is 0.261 e. The van der Waals surface area contributed by atoms with Crippen LogP contribution in [0.4, 0.5) is 0 Å². The number of hydrogen-bond donors (Lipinski definition) is 1. The third-order valence-corrected chi connectivity index (χ3v) is 6.48. The number of benzene rings is 3. The number of halogens is 2. The summed E-state index contributed by atoms with van der Waals surface area (Å²) in [6.45, 7) is 5.69. The van der Waals surface area contributed by atoms with Gasteiger partial charge in [-0.1, -0.05) is 67.1 Å². The predicted octanol–water partition coefficient (Wildman–Crippen LogP) is 5.97. The fourth-order valence-corrected chi connectivity index (χ4v) is 4.46. The minimum Gasteiger partial charge on any atom is -0.483 e. The number of ether oxygens (including phenoxy) is 1. The summed E-state index contributed by atoms with van der Waals surface area (Å²) >= 11 is 9.95. The highest BCUT2D eigenvalue weighted by Crippen LogP contribution is 2.33. The molecule has 0 fully saturated rings. The SMILES string of the molecule is CCC(C(=O)NC(C)C)N(Cc1ccccc1Cl)C(=O)COc1ccc2ccccc2c1Br. The molecule has 0 aromatic heterocycles. The van der Waals surface area contributed by atoms with E-state index in [2.05, 4.69) is 21.2 Å². The topological polar surface area (TPSA) is 58.6 Å². The van der Waals surface area contributed by atoms with Gasteiger partial charge in [0.1, 0.15) is 11.8 Å². The van der Waals surface area contributed by atoms with Crippen LogP contribution in [0.2, 0.25) is 5.02 Å². The highest BCUT2D eigenvalue weighted by molar-refractivity contribution is 9.10. The molecule has 0 aliphatic heterocycles. The Bertz CT molecular complexity index is 1140. The van der Waals surface area contributed by atoms with Crippen LogP contribution in [0, 0.1) is 0 Å². The Morgan fingerprint density at radius 3 is 2.45 bits per heavy atom. The van der Waals surface area contributed by atoms with Gasteiger partial charge in [0.2, 0.25) is 5.91 Å². The van der Waals surface area contributed by atoms with Crippen LogP contribution in [0.3, 0.4) is 0 Å². The molecule has 0 bridgehead atoms. The molecule has 0 saturated heterocycles. The van der Waals surface area contributed by atoms with Crippen molar-refractivity contribution in [1.82, 2.24) is 10.2 Å². The van der Waals surface area contributed by atoms with Crippen molar-refractivity contribution in [3.63, 3.8) is 0 Å². The van der Waals surface area contributed by atoms with Crippen molar-refractivity contribution in [1.29, 1.82) is 0 Å². The van der Waals surface area contributed by atoms with Crippen molar-refractivity contribution < 1.29 is 14.3 Å². The van der Waals surface area contributed by atoms with E-state index in [4.69, 9.17) is 16.3 Å². The van der Waals surface area contributed by atoms with Gasteiger partial charge in [-0.05, 0) is 64.7 Å². The van der Waals surface area contributed by atoms with Crippen molar-refractivity contribution in [3.05, 3.63) is 75.7 Å². The highest BCUT2D eigenvalue weighted by atomic mass is 79.9. The number of carbonyl (C=O) groups is 2. The summed E-state index contributed by atoms with van der Waals surface area (Å²) in [6.07, 6.45) is 0.467. The van der Waals surface area contributed by atoms with E-state index in [0.717, 1.165) is 20.8 Å². The molecule has 0 aliphatic carbocycles. The Labute approximate surface area is 208 Å². The monoisotopic (exact) mass is 530 g/mol. The van der Waals surface area contributed by atoms with Gasteiger partial charge in [-0.25, -0.2) is 0 Å². The first kappa shape index (κ1) is 25.1. The van der Waals surface area contributed by atoms with Crippen LogP contribution >= 0.6 is 27.5 Å². The lowest BCUT2D eigenvalue weighted by Crippen LogP contribution is -2.51. The van der Waals surface area contributed by atoms with E-state index in [1.165, 1.54) is 0 Å². The van der Waals surface area contributed by atoms with Crippen LogP contribution in [0.15, 0.2) is 65.1 Å². The summed E-state index contributed by atoms with van der Waals surface area (Å²) < 4.78 is 6.70. The zero-order valence-corrected chi connectivity index (χ0v) is 21.3. The van der Waals surface area contributed by atoms with E-state index in [1.807, 2.05) is 75.4 Å². The van der Waals surface area contributed by atoms with E-state index in [-0.39, 0.29) is 31.0 Å². The van der Waals surface area contributed by atoms with Gasteiger partial charge in [0.25, 0.3) is 5.91 Å². The minimum absolute atomic E-state index is 0.0337. The number of amides is 2. The number of nitrogens with zero attached hydrogens (tertiary/aromatic N) is 1. The van der Waals surface area contributed by atoms with Crippen molar-refractivity contribution in [2.45, 2.75) is 45.8 Å². The molecule has 0 spiro atoms. The lowest BCUT2D eigenvalue weighted by atomic mass is 10.1. The zero-order valence-electron chi connectivity index (χ0n) is 19.0. The molecular weight excluding hydrogens is 504 g/mol. The Kier molecular flexibility index (Phi) is 8.75. The Morgan fingerprint density at radius 2 is 1.76 bits per heavy atom. The molecule has 3 aromatic rings. The van der Waals surface area contributed by atoms with Gasteiger partial charge in [-0.2, -0.15) is 0 Å². The normalized spacial score (nSPS) is 11.9. The number of fused-ring (bicyclic) bond motifs is 1. The number of rotatable bonds is 9. The summed E-state index contributed by atoms with van der Waals surface area (Å²) in [5, 5.41) is 5.53. The molecule has 174 valence electrons. The number of hydrogen-bond acceptors (Lipinski definition) is 3. The summed E-state index contributed by atoms with van der Waals surface area (Å²) in [5.74, 6) is 0.0833. The molecule has 0 aliphatic rings. The van der Waals surface area contributed by atoms with Gasteiger partial charge in [0, 0.05) is 17.6 Å². The summed E-state index contributed by atoms with van der Waals surface area (Å²) in [4.78, 5) is 27.8. The van der Waals surface area contributed by atoms with E-state index >= 15 is 0 Å². The fraction of sp³-hybridized carbons (Fsp3) is 0.308. The number of nitrogens with one attached hydrogen (secondary N) is 1. The zero-order chi connectivity index (χ0) is 24.0. The average molecular weight is 532 g/mol. The molecule has 0 radical (unpaired) electrons. The highest BCUT2D eigenvalue weighted by Gasteiger charge is 2.29. The molecule has 5 nitrogen and oxygen atoms in total. The van der Waals surface area contributed by atoms with Gasteiger partial charge < -0.3 is 15.0 Å². The van der Waals surface area contributed by atoms with Crippen molar-refractivity contribution >= 4 is 50.1 Å². The van der Waals surface area contributed by atoms with Gasteiger partial charge in [-0.15, -0.1) is 0 Å². The maximum atomic E-state index is 13.4. The average Bonchev–Trinajstić information content (AvgIpc) is 2.79. The molecule has 3 aromatic carbocycles. The molecule has 33 heavy (non-hydrogen) atoms. The van der Waals surface area contributed by atoms with Crippen molar-refractivity contribution in [2.24, 2.45) is 0 Å². The van der Waals surface area contributed by atoms with Crippen LogP contribution in [0.1, 0.15) is 32.8 Å². The van der Waals surface area contributed by atoms with Gasteiger partial charge in [0.05, 0.1) is 4.47 Å². The molecule has 2 amide bonds. The molecule has 7 heteroatoms. The van der Waals surface area contributed by atoms with Gasteiger partial charge in [-0.3, -0.25) is 9.59 Å². The smallest absolute Gasteiger partial charge is 0.261 e. The van der Waals surface area contributed by atoms with E-state index in [9.17, 15) is 9.59 Å². The molecule has 0 saturated carbocycles. The van der Waals surface area contributed by atoms with Crippen LogP contribution in [-0.2, 0) is 16.1 Å². The molecule has 1 atom stereocenters. The number of carbonyl (C=O) groups excluding carboxylic acids is 2. The molecule has 1 N–H and O–H groups in total. The Balaban J connectivity index is 1.84. The first-order valence-electron chi connectivity index (χ1n) is 10.9. The molecule has 0 heterocycles. The lowest BCUT2D eigenvalue weighted by molar-refractivity contribution is -0.143. The van der Waals surface area contributed by atoms with E-state index in [0.29, 0.717) is 17.2 Å². The second kappa shape index (κ2) is 11.5. The quantitative estimate of drug-likeness (QED) is 0.370. The Hall–Kier alpha value is -2.57. The minimum atomic E-state index is -0.639. The van der Waals surface area contributed by atoms with Crippen LogP contribution < -0.4 is 10.1 Å². The van der Waals surface area contributed by atoms with E-state index < -0.39 is 6.04 Å². The van der Waals surface area contributed by atoms with E-state index in [1.54, 1.807) is 11.0 Å². The fourth-order valence-electron chi connectivity index (χ4n) is 3.66. The lowest BCUT2D eigenvalue weighted by Gasteiger charge is -2.31. The third-order valence-electron chi connectivity index (χ3n) is 5.29. The van der Waals surface area contributed by atoms with Crippen LogP contribution in [-0.4, -0.2) is 35.4 Å². The summed E-state index contributed by atoms with van der Waals surface area (Å²) in [5.41, 5.74) is 0.773. The molecule has 3 rings (SSSR count). The maximum absolute atomic E-state index is 13.4. The second-order valence-electron chi connectivity index (χ2n) is 8.09. The first-order chi connectivity index (χ1) is 15.8. The predicted molar refractivity (Wildman–Crippen MR) is 137 cm³/mol.